The van der Waals surface area contributed by atoms with Gasteiger partial charge in [-0.05, 0) is 24.6 Å². The fraction of sp³-hybridized carbons (Fsp3) is 0.250. The van der Waals surface area contributed by atoms with Crippen molar-refractivity contribution in [2.24, 2.45) is 5.73 Å². The number of pyridine rings is 1. The Balaban J connectivity index is 1.91. The number of carbonyl (C=O) groups excluding carboxylic acids is 1. The Bertz CT molecular complexity index is 865. The fourth-order valence-electron chi connectivity index (χ4n) is 2.66. The van der Waals surface area contributed by atoms with Crippen molar-refractivity contribution in [3.8, 4) is 11.1 Å². The van der Waals surface area contributed by atoms with E-state index in [1.807, 2.05) is 12.1 Å². The van der Waals surface area contributed by atoms with Crippen molar-refractivity contribution >= 4 is 27.4 Å². The average molecular weight is 346 g/mol. The highest BCUT2D eigenvalue weighted by atomic mass is 32.2. The van der Waals surface area contributed by atoms with Gasteiger partial charge in [-0.15, -0.1) is 0 Å². The van der Waals surface area contributed by atoms with Gasteiger partial charge in [0, 0.05) is 23.9 Å². The molecular formula is C16H18N4O3S. The van der Waals surface area contributed by atoms with E-state index in [-0.39, 0.29) is 5.91 Å². The summed E-state index contributed by atoms with van der Waals surface area (Å²) in [5.41, 5.74) is 7.67. The van der Waals surface area contributed by atoms with Crippen LogP contribution in [0.1, 0.15) is 6.42 Å². The van der Waals surface area contributed by atoms with Crippen LogP contribution in [0.4, 0.5) is 11.5 Å². The van der Waals surface area contributed by atoms with E-state index in [4.69, 9.17) is 5.73 Å². The number of hydrogen-bond donors (Lipinski definition) is 2. The molecule has 1 aromatic heterocycles. The number of para-hydroxylation sites is 1. The number of aromatic nitrogens is 1. The average Bonchev–Trinajstić information content (AvgIpc) is 2.86. The van der Waals surface area contributed by atoms with Gasteiger partial charge in [0.15, 0.2) is 0 Å². The molecule has 8 heteroatoms. The standard InChI is InChI=1S/C16H18N4O3S/c1-24(22,23)19-14-5-3-2-4-12(14)11-6-7-15(18-10-11)20-9-8-13(17)16(20)21/h2-7,10,13,19H,8-9,17H2,1H3/t13-/m0/s1. The van der Waals surface area contributed by atoms with Gasteiger partial charge in [-0.3, -0.25) is 14.4 Å². The molecule has 0 aliphatic carbocycles. The van der Waals surface area contributed by atoms with Crippen LogP contribution in [0.15, 0.2) is 42.6 Å². The summed E-state index contributed by atoms with van der Waals surface area (Å²) in [6.45, 7) is 0.554. The molecule has 2 aromatic rings. The summed E-state index contributed by atoms with van der Waals surface area (Å²) < 4.78 is 25.5. The maximum absolute atomic E-state index is 12.0. The number of amides is 1. The first kappa shape index (κ1) is 16.4. The van der Waals surface area contributed by atoms with E-state index in [1.54, 1.807) is 35.4 Å². The highest BCUT2D eigenvalue weighted by molar-refractivity contribution is 7.92. The summed E-state index contributed by atoms with van der Waals surface area (Å²) in [5, 5.41) is 0. The summed E-state index contributed by atoms with van der Waals surface area (Å²) in [7, 11) is -3.38. The number of carbonyl (C=O) groups is 1. The lowest BCUT2D eigenvalue weighted by atomic mass is 10.1. The third-order valence-electron chi connectivity index (χ3n) is 3.80. The Labute approximate surface area is 140 Å². The minimum atomic E-state index is -3.38. The van der Waals surface area contributed by atoms with Crippen LogP contribution in [0.5, 0.6) is 0 Å². The molecule has 0 bridgehead atoms. The zero-order chi connectivity index (χ0) is 17.3. The van der Waals surface area contributed by atoms with Crippen LogP contribution in [0.2, 0.25) is 0 Å². The van der Waals surface area contributed by atoms with E-state index in [1.165, 1.54) is 0 Å². The lowest BCUT2D eigenvalue weighted by molar-refractivity contribution is -0.118. The predicted molar refractivity (Wildman–Crippen MR) is 93.1 cm³/mol. The molecule has 1 aliphatic heterocycles. The van der Waals surface area contributed by atoms with E-state index in [2.05, 4.69) is 9.71 Å². The van der Waals surface area contributed by atoms with E-state index < -0.39 is 16.1 Å². The van der Waals surface area contributed by atoms with E-state index in [9.17, 15) is 13.2 Å². The van der Waals surface area contributed by atoms with Gasteiger partial charge in [-0.25, -0.2) is 13.4 Å². The maximum atomic E-state index is 12.0. The first-order valence-corrected chi connectivity index (χ1v) is 9.34. The normalized spacial score (nSPS) is 18.0. The number of nitrogens with two attached hydrogens (primary N) is 1. The lowest BCUT2D eigenvalue weighted by Crippen LogP contribution is -2.34. The SMILES string of the molecule is CS(=O)(=O)Nc1ccccc1-c1ccc(N2CC[C@H](N)C2=O)nc1. The molecule has 0 radical (unpaired) electrons. The van der Waals surface area contributed by atoms with Crippen LogP contribution >= 0.6 is 0 Å². The first-order valence-electron chi connectivity index (χ1n) is 7.45. The fourth-order valence-corrected chi connectivity index (χ4v) is 3.24. The molecule has 3 rings (SSSR count). The zero-order valence-electron chi connectivity index (χ0n) is 13.1. The molecule has 7 nitrogen and oxygen atoms in total. The molecule has 3 N–H and O–H groups in total. The topological polar surface area (TPSA) is 105 Å². The maximum Gasteiger partial charge on any atom is 0.245 e. The van der Waals surface area contributed by atoms with Crippen LogP contribution in [0, 0.1) is 0 Å². The smallest absolute Gasteiger partial charge is 0.245 e. The molecule has 2 heterocycles. The molecule has 0 spiro atoms. The van der Waals surface area contributed by atoms with Crippen molar-refractivity contribution in [1.29, 1.82) is 0 Å². The highest BCUT2D eigenvalue weighted by Crippen LogP contribution is 2.29. The van der Waals surface area contributed by atoms with Gasteiger partial charge < -0.3 is 5.73 Å². The first-order chi connectivity index (χ1) is 11.3. The quantitative estimate of drug-likeness (QED) is 0.865. The molecule has 1 atom stereocenters. The summed E-state index contributed by atoms with van der Waals surface area (Å²) in [6.07, 6.45) is 3.34. The second-order valence-electron chi connectivity index (χ2n) is 5.71. The van der Waals surface area contributed by atoms with Crippen LogP contribution in [-0.2, 0) is 14.8 Å². The van der Waals surface area contributed by atoms with Crippen molar-refractivity contribution < 1.29 is 13.2 Å². The molecule has 1 fully saturated rings. The predicted octanol–water partition coefficient (Wildman–Crippen LogP) is 1.18. The Morgan fingerprint density at radius 2 is 2.00 bits per heavy atom. The van der Waals surface area contributed by atoms with Crippen molar-refractivity contribution in [1.82, 2.24) is 4.98 Å². The molecule has 1 aromatic carbocycles. The molecule has 126 valence electrons. The van der Waals surface area contributed by atoms with Gasteiger partial charge in [-0.2, -0.15) is 0 Å². The van der Waals surface area contributed by atoms with Crippen molar-refractivity contribution in [3.05, 3.63) is 42.6 Å². The lowest BCUT2D eigenvalue weighted by Gasteiger charge is -2.16. The monoisotopic (exact) mass is 346 g/mol. The number of rotatable bonds is 4. The van der Waals surface area contributed by atoms with Gasteiger partial charge in [-0.1, -0.05) is 18.2 Å². The molecule has 0 saturated carbocycles. The van der Waals surface area contributed by atoms with Crippen molar-refractivity contribution in [2.45, 2.75) is 12.5 Å². The van der Waals surface area contributed by atoms with Crippen molar-refractivity contribution in [2.75, 3.05) is 22.4 Å². The third kappa shape index (κ3) is 3.39. The minimum absolute atomic E-state index is 0.130. The van der Waals surface area contributed by atoms with Crippen LogP contribution < -0.4 is 15.4 Å². The van der Waals surface area contributed by atoms with Gasteiger partial charge in [0.25, 0.3) is 0 Å². The zero-order valence-corrected chi connectivity index (χ0v) is 14.0. The molecule has 1 amide bonds. The number of hydrogen-bond acceptors (Lipinski definition) is 5. The molecule has 1 aliphatic rings. The Morgan fingerprint density at radius 3 is 2.58 bits per heavy atom. The van der Waals surface area contributed by atoms with Crippen LogP contribution in [0.3, 0.4) is 0 Å². The number of benzene rings is 1. The summed E-state index contributed by atoms with van der Waals surface area (Å²) in [5.74, 6) is 0.416. The van der Waals surface area contributed by atoms with Gasteiger partial charge in [0.1, 0.15) is 5.82 Å². The summed E-state index contributed by atoms with van der Waals surface area (Å²) in [6, 6.07) is 10.1. The van der Waals surface area contributed by atoms with Crippen molar-refractivity contribution in [3.63, 3.8) is 0 Å². The highest BCUT2D eigenvalue weighted by Gasteiger charge is 2.30. The van der Waals surface area contributed by atoms with E-state index in [0.717, 1.165) is 11.8 Å². The Morgan fingerprint density at radius 1 is 1.25 bits per heavy atom. The van der Waals surface area contributed by atoms with Crippen LogP contribution in [0.25, 0.3) is 11.1 Å². The van der Waals surface area contributed by atoms with E-state index in [0.29, 0.717) is 30.0 Å². The van der Waals surface area contributed by atoms with Gasteiger partial charge in [0.05, 0.1) is 18.0 Å². The number of nitrogens with zero attached hydrogens (tertiary/aromatic N) is 2. The van der Waals surface area contributed by atoms with Gasteiger partial charge in [0.2, 0.25) is 15.9 Å². The number of nitrogens with one attached hydrogen (secondary N) is 1. The van der Waals surface area contributed by atoms with Crippen LogP contribution in [-0.4, -0.2) is 38.2 Å². The Kier molecular flexibility index (Phi) is 4.25. The summed E-state index contributed by atoms with van der Waals surface area (Å²) in [4.78, 5) is 17.9. The Hall–Kier alpha value is -2.45. The second-order valence-corrected chi connectivity index (χ2v) is 7.46. The minimum Gasteiger partial charge on any atom is -0.320 e. The summed E-state index contributed by atoms with van der Waals surface area (Å²) >= 11 is 0. The molecule has 24 heavy (non-hydrogen) atoms. The van der Waals surface area contributed by atoms with Gasteiger partial charge >= 0.3 is 0 Å². The number of sulfonamides is 1. The molecule has 1 saturated heterocycles. The van der Waals surface area contributed by atoms with E-state index >= 15 is 0 Å². The largest absolute Gasteiger partial charge is 0.320 e. The number of anilines is 2. The molecular weight excluding hydrogens is 328 g/mol. The second kappa shape index (κ2) is 6.21. The molecule has 0 unspecified atom stereocenters. The third-order valence-corrected chi connectivity index (χ3v) is 4.40.